The predicted octanol–water partition coefficient (Wildman–Crippen LogP) is 2.07. The topological polar surface area (TPSA) is 46.9 Å². The minimum atomic E-state index is -0.0318. The Bertz CT molecular complexity index is 500. The van der Waals surface area contributed by atoms with Gasteiger partial charge in [0.15, 0.2) is 0 Å². The molecule has 18 heavy (non-hydrogen) atoms. The van der Waals surface area contributed by atoms with Crippen molar-refractivity contribution in [2.75, 3.05) is 0 Å². The van der Waals surface area contributed by atoms with E-state index in [0.29, 0.717) is 5.56 Å². The van der Waals surface area contributed by atoms with Crippen molar-refractivity contribution < 1.29 is 4.79 Å². The molecule has 2 aromatic rings. The first kappa shape index (κ1) is 12.4. The van der Waals surface area contributed by atoms with E-state index in [1.54, 1.807) is 6.20 Å². The van der Waals surface area contributed by atoms with E-state index < -0.39 is 0 Å². The van der Waals surface area contributed by atoms with Crippen molar-refractivity contribution in [3.05, 3.63) is 53.9 Å². The van der Waals surface area contributed by atoms with Crippen LogP contribution in [0.4, 0.5) is 0 Å². The molecule has 94 valence electrons. The summed E-state index contributed by atoms with van der Waals surface area (Å²) in [4.78, 5) is 11.8. The number of carbonyl (C=O) groups is 1. The van der Waals surface area contributed by atoms with Crippen molar-refractivity contribution in [1.29, 1.82) is 0 Å². The summed E-state index contributed by atoms with van der Waals surface area (Å²) in [6.45, 7) is 4.62. The van der Waals surface area contributed by atoms with Gasteiger partial charge in [0.2, 0.25) is 0 Å². The highest BCUT2D eigenvalue weighted by Crippen LogP contribution is 2.06. The molecule has 0 saturated carbocycles. The standard InChI is InChI=1S/C14H17N3O/c1-11(2)16-14(18)13-6-4-12(5-7-13)10-17-9-3-8-15-17/h3-9,11H,10H2,1-2H3,(H,16,18). The van der Waals surface area contributed by atoms with Gasteiger partial charge in [-0.15, -0.1) is 0 Å². The van der Waals surface area contributed by atoms with Crippen LogP contribution in [0.25, 0.3) is 0 Å². The summed E-state index contributed by atoms with van der Waals surface area (Å²) in [6.07, 6.45) is 3.67. The maximum absolute atomic E-state index is 11.8. The zero-order chi connectivity index (χ0) is 13.0. The largest absolute Gasteiger partial charge is 0.350 e. The third-order valence-corrected chi connectivity index (χ3v) is 2.54. The van der Waals surface area contributed by atoms with Crippen LogP contribution in [0.5, 0.6) is 0 Å². The number of carbonyl (C=O) groups excluding carboxylic acids is 1. The van der Waals surface area contributed by atoms with E-state index in [1.165, 1.54) is 0 Å². The molecule has 0 atom stereocenters. The molecule has 0 radical (unpaired) electrons. The number of hydrogen-bond acceptors (Lipinski definition) is 2. The van der Waals surface area contributed by atoms with E-state index >= 15 is 0 Å². The molecule has 0 bridgehead atoms. The molecule has 0 aliphatic heterocycles. The highest BCUT2D eigenvalue weighted by atomic mass is 16.1. The van der Waals surface area contributed by atoms with Crippen molar-refractivity contribution in [1.82, 2.24) is 15.1 Å². The van der Waals surface area contributed by atoms with Gasteiger partial charge in [0, 0.05) is 24.0 Å². The zero-order valence-electron chi connectivity index (χ0n) is 10.6. The van der Waals surface area contributed by atoms with Gasteiger partial charge in [-0.3, -0.25) is 9.48 Å². The van der Waals surface area contributed by atoms with E-state index in [1.807, 2.05) is 55.1 Å². The van der Waals surface area contributed by atoms with Gasteiger partial charge >= 0.3 is 0 Å². The van der Waals surface area contributed by atoms with Gasteiger partial charge in [-0.05, 0) is 37.6 Å². The first-order valence-corrected chi connectivity index (χ1v) is 6.02. The van der Waals surface area contributed by atoms with Crippen LogP contribution < -0.4 is 5.32 Å². The Kier molecular flexibility index (Phi) is 3.77. The lowest BCUT2D eigenvalue weighted by Crippen LogP contribution is -2.29. The summed E-state index contributed by atoms with van der Waals surface area (Å²) in [5, 5.41) is 7.01. The molecule has 4 heteroatoms. The Balaban J connectivity index is 2.03. The van der Waals surface area contributed by atoms with E-state index in [0.717, 1.165) is 12.1 Å². The van der Waals surface area contributed by atoms with E-state index in [2.05, 4.69) is 10.4 Å². The molecule has 4 nitrogen and oxygen atoms in total. The zero-order valence-corrected chi connectivity index (χ0v) is 10.6. The molecule has 0 spiro atoms. The highest BCUT2D eigenvalue weighted by molar-refractivity contribution is 5.94. The van der Waals surface area contributed by atoms with Crippen molar-refractivity contribution >= 4 is 5.91 Å². The van der Waals surface area contributed by atoms with Gasteiger partial charge in [-0.2, -0.15) is 5.10 Å². The van der Waals surface area contributed by atoms with E-state index in [9.17, 15) is 4.79 Å². The predicted molar refractivity (Wildman–Crippen MR) is 70.4 cm³/mol. The molecule has 1 heterocycles. The molecule has 1 aromatic carbocycles. The van der Waals surface area contributed by atoms with Crippen molar-refractivity contribution in [2.45, 2.75) is 26.4 Å². The third kappa shape index (κ3) is 3.20. The van der Waals surface area contributed by atoms with Crippen LogP contribution in [-0.4, -0.2) is 21.7 Å². The van der Waals surface area contributed by atoms with Crippen LogP contribution >= 0.6 is 0 Å². The van der Waals surface area contributed by atoms with Gasteiger partial charge in [0.25, 0.3) is 5.91 Å². The Hall–Kier alpha value is -2.10. The van der Waals surface area contributed by atoms with Crippen LogP contribution in [-0.2, 0) is 6.54 Å². The van der Waals surface area contributed by atoms with Crippen LogP contribution in [0.3, 0.4) is 0 Å². The number of amides is 1. The van der Waals surface area contributed by atoms with Crippen LogP contribution in [0.1, 0.15) is 29.8 Å². The summed E-state index contributed by atoms with van der Waals surface area (Å²) in [6, 6.07) is 9.65. The molecule has 0 saturated heterocycles. The van der Waals surface area contributed by atoms with Gasteiger partial charge in [0.05, 0.1) is 6.54 Å². The first-order chi connectivity index (χ1) is 8.65. The number of benzene rings is 1. The van der Waals surface area contributed by atoms with Gasteiger partial charge in [0.1, 0.15) is 0 Å². The fraction of sp³-hybridized carbons (Fsp3) is 0.286. The molecule has 1 aromatic heterocycles. The summed E-state index contributed by atoms with van der Waals surface area (Å²) >= 11 is 0. The number of hydrogen-bond donors (Lipinski definition) is 1. The molecule has 0 aliphatic carbocycles. The Labute approximate surface area is 107 Å². The SMILES string of the molecule is CC(C)NC(=O)c1ccc(Cn2cccn2)cc1. The molecule has 0 aliphatic rings. The van der Waals surface area contributed by atoms with E-state index in [4.69, 9.17) is 0 Å². The molecule has 0 fully saturated rings. The lowest BCUT2D eigenvalue weighted by molar-refractivity contribution is 0.0943. The lowest BCUT2D eigenvalue weighted by atomic mass is 10.1. The third-order valence-electron chi connectivity index (χ3n) is 2.54. The molecule has 1 amide bonds. The monoisotopic (exact) mass is 243 g/mol. The fourth-order valence-electron chi connectivity index (χ4n) is 1.69. The Morgan fingerprint density at radius 3 is 2.61 bits per heavy atom. The van der Waals surface area contributed by atoms with Crippen molar-refractivity contribution in [3.8, 4) is 0 Å². The van der Waals surface area contributed by atoms with Crippen LogP contribution in [0.15, 0.2) is 42.7 Å². The Morgan fingerprint density at radius 1 is 1.33 bits per heavy atom. The number of aromatic nitrogens is 2. The number of nitrogens with one attached hydrogen (secondary N) is 1. The first-order valence-electron chi connectivity index (χ1n) is 6.02. The smallest absolute Gasteiger partial charge is 0.251 e. The fourth-order valence-corrected chi connectivity index (χ4v) is 1.69. The average Bonchev–Trinajstić information content (AvgIpc) is 2.82. The minimum absolute atomic E-state index is 0.0318. The summed E-state index contributed by atoms with van der Waals surface area (Å²) in [7, 11) is 0. The van der Waals surface area contributed by atoms with Gasteiger partial charge < -0.3 is 5.32 Å². The minimum Gasteiger partial charge on any atom is -0.350 e. The highest BCUT2D eigenvalue weighted by Gasteiger charge is 2.06. The molecule has 0 unspecified atom stereocenters. The second-order valence-electron chi connectivity index (χ2n) is 4.53. The van der Waals surface area contributed by atoms with E-state index in [-0.39, 0.29) is 11.9 Å². The van der Waals surface area contributed by atoms with Crippen LogP contribution in [0, 0.1) is 0 Å². The summed E-state index contributed by atoms with van der Waals surface area (Å²) in [5.41, 5.74) is 1.81. The Morgan fingerprint density at radius 2 is 2.06 bits per heavy atom. The van der Waals surface area contributed by atoms with Crippen LogP contribution in [0.2, 0.25) is 0 Å². The number of rotatable bonds is 4. The molecule has 1 N–H and O–H groups in total. The van der Waals surface area contributed by atoms with Crippen molar-refractivity contribution in [3.63, 3.8) is 0 Å². The maximum Gasteiger partial charge on any atom is 0.251 e. The second-order valence-corrected chi connectivity index (χ2v) is 4.53. The normalized spacial score (nSPS) is 10.6. The summed E-state index contributed by atoms with van der Waals surface area (Å²) < 4.78 is 1.85. The lowest BCUT2D eigenvalue weighted by Gasteiger charge is -2.08. The second kappa shape index (κ2) is 5.49. The molecular weight excluding hydrogens is 226 g/mol. The average molecular weight is 243 g/mol. The number of nitrogens with zero attached hydrogens (tertiary/aromatic N) is 2. The summed E-state index contributed by atoms with van der Waals surface area (Å²) in [5.74, 6) is -0.0318. The van der Waals surface area contributed by atoms with Gasteiger partial charge in [-0.25, -0.2) is 0 Å². The van der Waals surface area contributed by atoms with Crippen molar-refractivity contribution in [2.24, 2.45) is 0 Å². The maximum atomic E-state index is 11.8. The molecular formula is C14H17N3O. The van der Waals surface area contributed by atoms with Gasteiger partial charge in [-0.1, -0.05) is 12.1 Å². The molecule has 2 rings (SSSR count). The quantitative estimate of drug-likeness (QED) is 0.893.